The Morgan fingerprint density at radius 3 is 2.50 bits per heavy atom. The third-order valence-electron chi connectivity index (χ3n) is 4.22. The van der Waals surface area contributed by atoms with E-state index >= 15 is 0 Å². The Bertz CT molecular complexity index is 254. The number of hydrogen-bond acceptors (Lipinski definition) is 5. The summed E-state index contributed by atoms with van der Waals surface area (Å²) >= 11 is 0. The molecule has 1 fully saturated rings. The minimum Gasteiger partial charge on any atom is -0.394 e. The van der Waals surface area contributed by atoms with Gasteiger partial charge in [0, 0.05) is 19.2 Å². The molecule has 0 aliphatic heterocycles. The van der Waals surface area contributed by atoms with Crippen LogP contribution in [0.15, 0.2) is 0 Å². The molecule has 1 rings (SSSR count). The second kappa shape index (κ2) is 8.95. The van der Waals surface area contributed by atoms with Crippen LogP contribution >= 0.6 is 0 Å². The summed E-state index contributed by atoms with van der Waals surface area (Å²) in [4.78, 5) is 0. The molecule has 3 N–H and O–H groups in total. The predicted octanol–water partition coefficient (Wildman–Crippen LogP) is 0.930. The van der Waals surface area contributed by atoms with E-state index in [2.05, 4.69) is 12.2 Å². The fourth-order valence-electron chi connectivity index (χ4n) is 2.66. The number of hydrogen-bond donors (Lipinski definition) is 3. The zero-order chi connectivity index (χ0) is 15.0. The van der Waals surface area contributed by atoms with E-state index in [1.165, 1.54) is 0 Å². The lowest BCUT2D eigenvalue weighted by Gasteiger charge is -2.39. The first-order valence-electron chi connectivity index (χ1n) is 7.66. The van der Waals surface area contributed by atoms with Crippen LogP contribution in [0.25, 0.3) is 0 Å². The standard InChI is InChI=1S/C15H31NO4/c1-12-4-6-15(11-17,7-5-12)16-8-14(18)10-20-13(2)9-19-3/h12-14,16-18H,4-11H2,1-3H3. The summed E-state index contributed by atoms with van der Waals surface area (Å²) in [7, 11) is 1.63. The normalized spacial score (nSPS) is 30.1. The van der Waals surface area contributed by atoms with Crippen molar-refractivity contribution >= 4 is 0 Å². The van der Waals surface area contributed by atoms with Crippen molar-refractivity contribution in [1.82, 2.24) is 5.32 Å². The molecule has 20 heavy (non-hydrogen) atoms. The Kier molecular flexibility index (Phi) is 7.99. The van der Waals surface area contributed by atoms with Gasteiger partial charge < -0.3 is 25.0 Å². The van der Waals surface area contributed by atoms with Gasteiger partial charge in [-0.05, 0) is 38.5 Å². The second-order valence-corrected chi connectivity index (χ2v) is 6.25. The van der Waals surface area contributed by atoms with Gasteiger partial charge >= 0.3 is 0 Å². The Morgan fingerprint density at radius 2 is 1.95 bits per heavy atom. The number of methoxy groups -OCH3 is 1. The van der Waals surface area contributed by atoms with Crippen molar-refractivity contribution in [3.05, 3.63) is 0 Å². The molecular formula is C15H31NO4. The van der Waals surface area contributed by atoms with Crippen LogP contribution in [0.1, 0.15) is 39.5 Å². The highest BCUT2D eigenvalue weighted by molar-refractivity contribution is 4.92. The van der Waals surface area contributed by atoms with Gasteiger partial charge in [0.15, 0.2) is 0 Å². The van der Waals surface area contributed by atoms with Crippen LogP contribution in [0.2, 0.25) is 0 Å². The van der Waals surface area contributed by atoms with Crippen molar-refractivity contribution in [2.24, 2.45) is 5.92 Å². The summed E-state index contributed by atoms with van der Waals surface area (Å²) in [5, 5.41) is 22.9. The highest BCUT2D eigenvalue weighted by Crippen LogP contribution is 2.31. The molecule has 2 atom stereocenters. The van der Waals surface area contributed by atoms with E-state index in [9.17, 15) is 10.2 Å². The van der Waals surface area contributed by atoms with Crippen LogP contribution in [0.3, 0.4) is 0 Å². The molecular weight excluding hydrogens is 258 g/mol. The van der Waals surface area contributed by atoms with E-state index in [1.807, 2.05) is 6.92 Å². The summed E-state index contributed by atoms with van der Waals surface area (Å²) in [5.41, 5.74) is -0.217. The quantitative estimate of drug-likeness (QED) is 0.589. The number of β-amino-alcohol motifs (C(OH)–C–C–N with tert-alkyl or cyclic N) is 1. The Labute approximate surface area is 122 Å². The maximum atomic E-state index is 9.95. The van der Waals surface area contributed by atoms with E-state index in [0.717, 1.165) is 31.6 Å². The zero-order valence-electron chi connectivity index (χ0n) is 13.1. The molecule has 5 nitrogen and oxygen atoms in total. The SMILES string of the molecule is COCC(C)OCC(O)CNC1(CO)CCC(C)CC1. The fraction of sp³-hybridized carbons (Fsp3) is 1.00. The smallest absolute Gasteiger partial charge is 0.0898 e. The van der Waals surface area contributed by atoms with Crippen LogP contribution in [0.5, 0.6) is 0 Å². The summed E-state index contributed by atoms with van der Waals surface area (Å²) in [5.74, 6) is 0.736. The molecule has 120 valence electrons. The molecule has 0 radical (unpaired) electrons. The Hall–Kier alpha value is -0.200. The van der Waals surface area contributed by atoms with Crippen LogP contribution < -0.4 is 5.32 Å². The molecule has 0 amide bonds. The maximum Gasteiger partial charge on any atom is 0.0898 e. The molecule has 0 aromatic rings. The van der Waals surface area contributed by atoms with E-state index in [0.29, 0.717) is 13.2 Å². The first kappa shape index (κ1) is 17.9. The van der Waals surface area contributed by atoms with Crippen molar-refractivity contribution in [1.29, 1.82) is 0 Å². The molecule has 0 heterocycles. The maximum absolute atomic E-state index is 9.95. The highest BCUT2D eigenvalue weighted by atomic mass is 16.5. The van der Waals surface area contributed by atoms with Crippen molar-refractivity contribution in [3.63, 3.8) is 0 Å². The predicted molar refractivity (Wildman–Crippen MR) is 78.7 cm³/mol. The summed E-state index contributed by atoms with van der Waals surface area (Å²) < 4.78 is 10.5. The third-order valence-corrected chi connectivity index (χ3v) is 4.22. The number of aliphatic hydroxyl groups excluding tert-OH is 2. The average molecular weight is 289 g/mol. The van der Waals surface area contributed by atoms with Crippen LogP contribution in [0, 0.1) is 5.92 Å². The minimum atomic E-state index is -0.558. The number of aliphatic hydroxyl groups is 2. The van der Waals surface area contributed by atoms with Gasteiger partial charge in [0.2, 0.25) is 0 Å². The fourth-order valence-corrected chi connectivity index (χ4v) is 2.66. The molecule has 0 spiro atoms. The van der Waals surface area contributed by atoms with Crippen molar-refractivity contribution in [2.75, 3.05) is 33.5 Å². The van der Waals surface area contributed by atoms with Gasteiger partial charge in [-0.15, -0.1) is 0 Å². The molecule has 0 bridgehead atoms. The molecule has 0 saturated heterocycles. The van der Waals surface area contributed by atoms with Gasteiger partial charge in [-0.1, -0.05) is 6.92 Å². The summed E-state index contributed by atoms with van der Waals surface area (Å²) in [6.07, 6.45) is 3.63. The number of rotatable bonds is 9. The summed E-state index contributed by atoms with van der Waals surface area (Å²) in [6.45, 7) is 5.57. The first-order chi connectivity index (χ1) is 9.51. The van der Waals surface area contributed by atoms with E-state index in [4.69, 9.17) is 9.47 Å². The van der Waals surface area contributed by atoms with Crippen molar-refractivity contribution < 1.29 is 19.7 Å². The summed E-state index contributed by atoms with van der Waals surface area (Å²) in [6, 6.07) is 0. The van der Waals surface area contributed by atoms with Gasteiger partial charge in [0.1, 0.15) is 0 Å². The van der Waals surface area contributed by atoms with E-state index in [-0.39, 0.29) is 24.9 Å². The molecule has 0 aromatic carbocycles. The van der Waals surface area contributed by atoms with Crippen molar-refractivity contribution in [3.8, 4) is 0 Å². The third kappa shape index (κ3) is 6.06. The van der Waals surface area contributed by atoms with Gasteiger partial charge in [0.05, 0.1) is 32.0 Å². The van der Waals surface area contributed by atoms with Gasteiger partial charge in [0.25, 0.3) is 0 Å². The van der Waals surface area contributed by atoms with E-state index in [1.54, 1.807) is 7.11 Å². The lowest BCUT2D eigenvalue weighted by molar-refractivity contribution is -0.0346. The lowest BCUT2D eigenvalue weighted by Crippen LogP contribution is -2.53. The van der Waals surface area contributed by atoms with Crippen LogP contribution in [0.4, 0.5) is 0 Å². The minimum absolute atomic E-state index is 0.0167. The topological polar surface area (TPSA) is 71.0 Å². The number of nitrogens with one attached hydrogen (secondary N) is 1. The highest BCUT2D eigenvalue weighted by Gasteiger charge is 2.33. The molecule has 2 unspecified atom stereocenters. The van der Waals surface area contributed by atoms with E-state index < -0.39 is 6.10 Å². The van der Waals surface area contributed by atoms with Crippen LogP contribution in [-0.2, 0) is 9.47 Å². The average Bonchev–Trinajstić information content (AvgIpc) is 2.45. The molecule has 5 heteroatoms. The Balaban J connectivity index is 2.26. The van der Waals surface area contributed by atoms with Crippen molar-refractivity contribution in [2.45, 2.75) is 57.3 Å². The molecule has 1 aliphatic carbocycles. The zero-order valence-corrected chi connectivity index (χ0v) is 13.1. The lowest BCUT2D eigenvalue weighted by atomic mass is 9.77. The molecule has 1 aliphatic rings. The second-order valence-electron chi connectivity index (χ2n) is 6.25. The van der Waals surface area contributed by atoms with Gasteiger partial charge in [-0.3, -0.25) is 0 Å². The molecule has 1 saturated carbocycles. The monoisotopic (exact) mass is 289 g/mol. The largest absolute Gasteiger partial charge is 0.394 e. The number of ether oxygens (including phenoxy) is 2. The van der Waals surface area contributed by atoms with Crippen LogP contribution in [-0.4, -0.2) is 61.4 Å². The van der Waals surface area contributed by atoms with Gasteiger partial charge in [-0.2, -0.15) is 0 Å². The Morgan fingerprint density at radius 1 is 1.30 bits per heavy atom. The van der Waals surface area contributed by atoms with Gasteiger partial charge in [-0.25, -0.2) is 0 Å². The molecule has 0 aromatic heterocycles. The first-order valence-corrected chi connectivity index (χ1v) is 7.66.